The van der Waals surface area contributed by atoms with Crippen molar-refractivity contribution in [1.82, 2.24) is 4.98 Å². The summed E-state index contributed by atoms with van der Waals surface area (Å²) in [5, 5.41) is 2.19. The number of hydrogen-bond acceptors (Lipinski definition) is 4. The zero-order chi connectivity index (χ0) is 13.9. The molecule has 0 amide bonds. The fraction of sp³-hybridized carbons (Fsp3) is 0.438. The lowest BCUT2D eigenvalue weighted by molar-refractivity contribution is 0.139. The highest BCUT2D eigenvalue weighted by molar-refractivity contribution is 5.98. The summed E-state index contributed by atoms with van der Waals surface area (Å²) in [7, 11) is 1.78. The summed E-state index contributed by atoms with van der Waals surface area (Å²) in [5.41, 5.74) is 8.37. The Balaban J connectivity index is 1.83. The molecule has 2 N–H and O–H groups in total. The summed E-state index contributed by atoms with van der Waals surface area (Å²) in [5.74, 6) is 0.683. The molecule has 0 bridgehead atoms. The number of aromatic nitrogens is 1. The maximum atomic E-state index is 6.35. The highest BCUT2D eigenvalue weighted by atomic mass is 16.5. The van der Waals surface area contributed by atoms with Crippen LogP contribution in [0.4, 0.5) is 11.4 Å². The van der Waals surface area contributed by atoms with E-state index in [0.717, 1.165) is 41.8 Å². The van der Waals surface area contributed by atoms with Gasteiger partial charge in [0.05, 0.1) is 11.4 Å². The third-order valence-electron chi connectivity index (χ3n) is 4.20. The van der Waals surface area contributed by atoms with Crippen LogP contribution in [0.25, 0.3) is 10.8 Å². The van der Waals surface area contributed by atoms with Crippen molar-refractivity contribution in [3.05, 3.63) is 30.6 Å². The van der Waals surface area contributed by atoms with Crippen LogP contribution in [-0.2, 0) is 4.74 Å². The minimum Gasteiger partial charge on any atom is -0.397 e. The molecule has 106 valence electrons. The van der Waals surface area contributed by atoms with E-state index in [9.17, 15) is 0 Å². The first-order valence-corrected chi connectivity index (χ1v) is 7.15. The van der Waals surface area contributed by atoms with Gasteiger partial charge in [-0.2, -0.15) is 0 Å². The van der Waals surface area contributed by atoms with E-state index in [4.69, 9.17) is 10.5 Å². The molecular weight excluding hydrogens is 250 g/mol. The number of ether oxygens (including phenoxy) is 1. The lowest BCUT2D eigenvalue weighted by Gasteiger charge is -2.34. The van der Waals surface area contributed by atoms with Crippen LogP contribution in [-0.4, -0.2) is 31.8 Å². The van der Waals surface area contributed by atoms with Crippen LogP contribution >= 0.6 is 0 Å². The van der Waals surface area contributed by atoms with E-state index in [1.54, 1.807) is 13.3 Å². The zero-order valence-electron chi connectivity index (χ0n) is 11.9. The highest BCUT2D eigenvalue weighted by Crippen LogP contribution is 2.33. The molecule has 1 saturated heterocycles. The third kappa shape index (κ3) is 2.43. The van der Waals surface area contributed by atoms with Gasteiger partial charge in [-0.05, 0) is 30.9 Å². The fourth-order valence-corrected chi connectivity index (χ4v) is 3.03. The molecule has 2 aromatic rings. The number of pyridine rings is 1. The number of piperidine rings is 1. The van der Waals surface area contributed by atoms with Crippen molar-refractivity contribution in [3.8, 4) is 0 Å². The minimum atomic E-state index is 0.683. The summed E-state index contributed by atoms with van der Waals surface area (Å²) >= 11 is 0. The summed E-state index contributed by atoms with van der Waals surface area (Å²) in [6, 6.07) is 6.22. The van der Waals surface area contributed by atoms with Gasteiger partial charge in [0.15, 0.2) is 0 Å². The Bertz CT molecular complexity index is 591. The molecule has 4 heteroatoms. The van der Waals surface area contributed by atoms with Gasteiger partial charge < -0.3 is 15.4 Å². The number of methoxy groups -OCH3 is 1. The standard InChI is InChI=1S/C16H21N3O/c1-20-11-12-5-8-19(9-6-12)15-3-2-13-10-18-7-4-14(13)16(15)17/h2-4,7,10,12H,5-6,8-9,11,17H2,1H3. The summed E-state index contributed by atoms with van der Waals surface area (Å²) in [6.07, 6.45) is 6.00. The van der Waals surface area contributed by atoms with Crippen LogP contribution in [0.15, 0.2) is 30.6 Å². The van der Waals surface area contributed by atoms with Crippen LogP contribution < -0.4 is 10.6 Å². The quantitative estimate of drug-likeness (QED) is 0.872. The molecule has 0 radical (unpaired) electrons. The Hall–Kier alpha value is -1.81. The number of hydrogen-bond donors (Lipinski definition) is 1. The van der Waals surface area contributed by atoms with E-state index in [0.29, 0.717) is 5.92 Å². The maximum absolute atomic E-state index is 6.35. The van der Waals surface area contributed by atoms with E-state index < -0.39 is 0 Å². The largest absolute Gasteiger partial charge is 0.397 e. The number of nitrogens with two attached hydrogens (primary N) is 1. The lowest BCUT2D eigenvalue weighted by Crippen LogP contribution is -2.35. The number of anilines is 2. The van der Waals surface area contributed by atoms with Gasteiger partial charge in [-0.1, -0.05) is 6.07 Å². The molecule has 4 nitrogen and oxygen atoms in total. The van der Waals surface area contributed by atoms with E-state index in [2.05, 4.69) is 22.0 Å². The van der Waals surface area contributed by atoms with Gasteiger partial charge in [0.25, 0.3) is 0 Å². The van der Waals surface area contributed by atoms with Gasteiger partial charge in [0, 0.05) is 50.0 Å². The molecular formula is C16H21N3O. The minimum absolute atomic E-state index is 0.683. The van der Waals surface area contributed by atoms with Gasteiger partial charge in [0.1, 0.15) is 0 Å². The van der Waals surface area contributed by atoms with Crippen LogP contribution in [0.2, 0.25) is 0 Å². The average Bonchev–Trinajstić information content (AvgIpc) is 2.49. The van der Waals surface area contributed by atoms with Crippen LogP contribution in [0.5, 0.6) is 0 Å². The number of benzene rings is 1. The molecule has 0 unspecified atom stereocenters. The number of rotatable bonds is 3. The molecule has 1 fully saturated rings. The molecule has 1 aliphatic rings. The monoisotopic (exact) mass is 271 g/mol. The van der Waals surface area contributed by atoms with Gasteiger partial charge in [-0.15, -0.1) is 0 Å². The number of nitrogens with zero attached hydrogens (tertiary/aromatic N) is 2. The Labute approximate surface area is 119 Å². The van der Waals surface area contributed by atoms with Crippen molar-refractivity contribution in [2.24, 2.45) is 5.92 Å². The average molecular weight is 271 g/mol. The van der Waals surface area contributed by atoms with Crippen molar-refractivity contribution in [1.29, 1.82) is 0 Å². The van der Waals surface area contributed by atoms with Crippen LogP contribution in [0, 0.1) is 5.92 Å². The second-order valence-electron chi connectivity index (χ2n) is 5.48. The van der Waals surface area contributed by atoms with E-state index in [1.165, 1.54) is 12.8 Å². The smallest absolute Gasteiger partial charge is 0.0632 e. The lowest BCUT2D eigenvalue weighted by atomic mass is 9.97. The van der Waals surface area contributed by atoms with E-state index in [1.807, 2.05) is 12.3 Å². The highest BCUT2D eigenvalue weighted by Gasteiger charge is 2.21. The van der Waals surface area contributed by atoms with Crippen LogP contribution in [0.3, 0.4) is 0 Å². The molecule has 2 heterocycles. The Morgan fingerprint density at radius 1 is 1.30 bits per heavy atom. The van der Waals surface area contributed by atoms with E-state index in [-0.39, 0.29) is 0 Å². The Morgan fingerprint density at radius 2 is 2.10 bits per heavy atom. The van der Waals surface area contributed by atoms with Crippen molar-refractivity contribution in [3.63, 3.8) is 0 Å². The third-order valence-corrected chi connectivity index (χ3v) is 4.20. The van der Waals surface area contributed by atoms with Gasteiger partial charge in [-0.25, -0.2) is 0 Å². The molecule has 0 atom stereocenters. The van der Waals surface area contributed by atoms with Crippen molar-refractivity contribution in [2.75, 3.05) is 37.4 Å². The first-order valence-electron chi connectivity index (χ1n) is 7.15. The first-order chi connectivity index (χ1) is 9.79. The molecule has 20 heavy (non-hydrogen) atoms. The van der Waals surface area contributed by atoms with E-state index >= 15 is 0 Å². The number of fused-ring (bicyclic) bond motifs is 1. The molecule has 1 aromatic carbocycles. The topological polar surface area (TPSA) is 51.4 Å². The normalized spacial score (nSPS) is 16.8. The summed E-state index contributed by atoms with van der Waals surface area (Å²) < 4.78 is 5.25. The SMILES string of the molecule is COCC1CCN(c2ccc3cnccc3c2N)CC1. The Morgan fingerprint density at radius 3 is 2.85 bits per heavy atom. The molecule has 3 rings (SSSR count). The predicted octanol–water partition coefficient (Wildman–Crippen LogP) is 2.68. The summed E-state index contributed by atoms with van der Waals surface area (Å²) in [4.78, 5) is 6.53. The van der Waals surface area contributed by atoms with Crippen molar-refractivity contribution < 1.29 is 4.74 Å². The molecule has 1 aliphatic heterocycles. The van der Waals surface area contributed by atoms with Gasteiger partial charge in [0.2, 0.25) is 0 Å². The molecule has 0 aliphatic carbocycles. The van der Waals surface area contributed by atoms with Crippen molar-refractivity contribution in [2.45, 2.75) is 12.8 Å². The molecule has 1 aromatic heterocycles. The predicted molar refractivity (Wildman–Crippen MR) is 83.0 cm³/mol. The molecule has 0 saturated carbocycles. The van der Waals surface area contributed by atoms with Crippen LogP contribution in [0.1, 0.15) is 12.8 Å². The maximum Gasteiger partial charge on any atom is 0.0632 e. The Kier molecular flexibility index (Phi) is 3.74. The summed E-state index contributed by atoms with van der Waals surface area (Å²) in [6.45, 7) is 2.97. The molecule has 0 spiro atoms. The van der Waals surface area contributed by atoms with Gasteiger partial charge >= 0.3 is 0 Å². The first kappa shape index (κ1) is 13.2. The second-order valence-corrected chi connectivity index (χ2v) is 5.48. The number of nitrogen functional groups attached to an aromatic ring is 1. The van der Waals surface area contributed by atoms with Gasteiger partial charge in [-0.3, -0.25) is 4.98 Å². The zero-order valence-corrected chi connectivity index (χ0v) is 11.9. The fourth-order valence-electron chi connectivity index (χ4n) is 3.03. The van der Waals surface area contributed by atoms with Crippen molar-refractivity contribution >= 4 is 22.1 Å². The second kappa shape index (κ2) is 5.67.